The van der Waals surface area contributed by atoms with Crippen molar-refractivity contribution in [1.29, 1.82) is 0 Å². The Morgan fingerprint density at radius 3 is 2.76 bits per heavy atom. The van der Waals surface area contributed by atoms with Gasteiger partial charge in [-0.05, 0) is 48.7 Å². The van der Waals surface area contributed by atoms with Crippen LogP contribution >= 0.6 is 0 Å². The molecule has 2 nitrogen and oxygen atoms in total. The summed E-state index contributed by atoms with van der Waals surface area (Å²) in [6.07, 6.45) is 2.44. The summed E-state index contributed by atoms with van der Waals surface area (Å²) in [5, 5.41) is 4.50. The molecule has 106 valence electrons. The SMILES string of the molecule is Fc1ccc(-c2cc3ccccc3o2)c(CNC2CC2)c1. The molecule has 3 aromatic rings. The molecule has 0 radical (unpaired) electrons. The molecule has 0 unspecified atom stereocenters. The first-order valence-electron chi connectivity index (χ1n) is 7.30. The van der Waals surface area contributed by atoms with Crippen molar-refractivity contribution in [3.8, 4) is 11.3 Å². The molecule has 1 heterocycles. The lowest BCUT2D eigenvalue weighted by Gasteiger charge is -2.08. The smallest absolute Gasteiger partial charge is 0.135 e. The van der Waals surface area contributed by atoms with Crippen LogP contribution in [0.4, 0.5) is 4.39 Å². The summed E-state index contributed by atoms with van der Waals surface area (Å²) < 4.78 is 19.5. The Bertz CT molecular complexity index is 756. The third-order valence-electron chi connectivity index (χ3n) is 3.92. The van der Waals surface area contributed by atoms with Crippen molar-refractivity contribution in [2.75, 3.05) is 0 Å². The summed E-state index contributed by atoms with van der Waals surface area (Å²) in [5.41, 5.74) is 2.76. The zero-order valence-corrected chi connectivity index (χ0v) is 11.6. The van der Waals surface area contributed by atoms with Gasteiger partial charge in [-0.25, -0.2) is 4.39 Å². The number of rotatable bonds is 4. The monoisotopic (exact) mass is 281 g/mol. The van der Waals surface area contributed by atoms with Crippen molar-refractivity contribution in [1.82, 2.24) is 5.32 Å². The van der Waals surface area contributed by atoms with Crippen molar-refractivity contribution >= 4 is 11.0 Å². The van der Waals surface area contributed by atoms with Gasteiger partial charge < -0.3 is 9.73 Å². The number of para-hydroxylation sites is 1. The largest absolute Gasteiger partial charge is 0.456 e. The van der Waals surface area contributed by atoms with Crippen LogP contribution in [0.25, 0.3) is 22.3 Å². The van der Waals surface area contributed by atoms with Gasteiger partial charge in [0.2, 0.25) is 0 Å². The van der Waals surface area contributed by atoms with Crippen LogP contribution in [-0.4, -0.2) is 6.04 Å². The molecule has 1 N–H and O–H groups in total. The highest BCUT2D eigenvalue weighted by Gasteiger charge is 2.21. The second-order valence-corrected chi connectivity index (χ2v) is 5.61. The van der Waals surface area contributed by atoms with E-state index in [0.29, 0.717) is 12.6 Å². The minimum absolute atomic E-state index is 0.206. The van der Waals surface area contributed by atoms with E-state index >= 15 is 0 Å². The van der Waals surface area contributed by atoms with E-state index in [9.17, 15) is 4.39 Å². The molecule has 1 aliphatic rings. The zero-order chi connectivity index (χ0) is 14.2. The van der Waals surface area contributed by atoms with Gasteiger partial charge in [0.1, 0.15) is 17.2 Å². The highest BCUT2D eigenvalue weighted by Crippen LogP contribution is 2.31. The molecule has 0 spiro atoms. The van der Waals surface area contributed by atoms with Crippen LogP contribution in [-0.2, 0) is 6.54 Å². The number of furan rings is 1. The van der Waals surface area contributed by atoms with Gasteiger partial charge in [-0.3, -0.25) is 0 Å². The summed E-state index contributed by atoms with van der Waals surface area (Å²) in [7, 11) is 0. The lowest BCUT2D eigenvalue weighted by molar-refractivity contribution is 0.613. The van der Waals surface area contributed by atoms with Gasteiger partial charge in [0.25, 0.3) is 0 Å². The van der Waals surface area contributed by atoms with Crippen LogP contribution in [0.1, 0.15) is 18.4 Å². The molecule has 0 atom stereocenters. The van der Waals surface area contributed by atoms with E-state index in [4.69, 9.17) is 4.42 Å². The molecule has 0 aliphatic heterocycles. The number of benzene rings is 2. The number of halogens is 1. The topological polar surface area (TPSA) is 25.2 Å². The molecule has 4 rings (SSSR count). The second kappa shape index (κ2) is 5.01. The average Bonchev–Trinajstić information content (AvgIpc) is 3.22. The van der Waals surface area contributed by atoms with Crippen molar-refractivity contribution in [2.24, 2.45) is 0 Å². The van der Waals surface area contributed by atoms with Crippen LogP contribution in [0.2, 0.25) is 0 Å². The number of nitrogens with one attached hydrogen (secondary N) is 1. The van der Waals surface area contributed by atoms with Gasteiger partial charge in [-0.1, -0.05) is 18.2 Å². The van der Waals surface area contributed by atoms with E-state index in [1.807, 2.05) is 30.3 Å². The number of hydrogen-bond acceptors (Lipinski definition) is 2. The first-order chi connectivity index (χ1) is 10.3. The van der Waals surface area contributed by atoms with Gasteiger partial charge in [0.05, 0.1) is 0 Å². The van der Waals surface area contributed by atoms with Crippen LogP contribution < -0.4 is 5.32 Å². The summed E-state index contributed by atoms with van der Waals surface area (Å²) in [4.78, 5) is 0. The molecule has 0 amide bonds. The van der Waals surface area contributed by atoms with Gasteiger partial charge in [0.15, 0.2) is 0 Å². The van der Waals surface area contributed by atoms with Crippen molar-refractivity contribution in [2.45, 2.75) is 25.4 Å². The van der Waals surface area contributed by atoms with E-state index in [2.05, 4.69) is 5.32 Å². The summed E-state index contributed by atoms with van der Waals surface area (Å²) >= 11 is 0. The van der Waals surface area contributed by atoms with Gasteiger partial charge in [-0.15, -0.1) is 0 Å². The van der Waals surface area contributed by atoms with Crippen molar-refractivity contribution < 1.29 is 8.81 Å². The van der Waals surface area contributed by atoms with Crippen LogP contribution in [0.5, 0.6) is 0 Å². The predicted octanol–water partition coefficient (Wildman–Crippen LogP) is 4.49. The van der Waals surface area contributed by atoms with E-state index in [1.54, 1.807) is 12.1 Å². The van der Waals surface area contributed by atoms with E-state index < -0.39 is 0 Å². The molecule has 1 aromatic heterocycles. The minimum atomic E-state index is -0.206. The zero-order valence-electron chi connectivity index (χ0n) is 11.6. The lowest BCUT2D eigenvalue weighted by Crippen LogP contribution is -2.16. The summed E-state index contributed by atoms with van der Waals surface area (Å²) in [6, 6.07) is 15.4. The number of hydrogen-bond donors (Lipinski definition) is 1. The number of fused-ring (bicyclic) bond motifs is 1. The fourth-order valence-corrected chi connectivity index (χ4v) is 2.61. The molecule has 0 saturated heterocycles. The van der Waals surface area contributed by atoms with Crippen LogP contribution in [0.15, 0.2) is 52.9 Å². The quantitative estimate of drug-likeness (QED) is 0.762. The Hall–Kier alpha value is -2.13. The molecule has 21 heavy (non-hydrogen) atoms. The fourth-order valence-electron chi connectivity index (χ4n) is 2.61. The maximum Gasteiger partial charge on any atom is 0.135 e. The highest BCUT2D eigenvalue weighted by molar-refractivity contribution is 5.83. The summed E-state index contributed by atoms with van der Waals surface area (Å²) in [6.45, 7) is 0.675. The molecule has 1 saturated carbocycles. The maximum atomic E-state index is 13.5. The Balaban J connectivity index is 1.74. The first-order valence-corrected chi connectivity index (χ1v) is 7.30. The van der Waals surface area contributed by atoms with Crippen molar-refractivity contribution in [3.63, 3.8) is 0 Å². The lowest BCUT2D eigenvalue weighted by atomic mass is 10.0. The molecule has 3 heteroatoms. The Labute approximate surface area is 122 Å². The average molecular weight is 281 g/mol. The van der Waals surface area contributed by atoms with Crippen LogP contribution in [0, 0.1) is 5.82 Å². The Morgan fingerprint density at radius 2 is 1.95 bits per heavy atom. The molecular weight excluding hydrogens is 265 g/mol. The first kappa shape index (κ1) is 12.6. The Kier molecular flexibility index (Phi) is 3.00. The van der Waals surface area contributed by atoms with Crippen molar-refractivity contribution in [3.05, 3.63) is 59.9 Å². The molecule has 1 aliphatic carbocycles. The molecule has 1 fully saturated rings. The van der Waals surface area contributed by atoms with E-state index in [-0.39, 0.29) is 5.82 Å². The third-order valence-corrected chi connectivity index (χ3v) is 3.92. The molecular formula is C18H16FNO. The summed E-state index contributed by atoms with van der Waals surface area (Å²) in [5.74, 6) is 0.589. The standard InChI is InChI=1S/C18H16FNO/c19-14-5-8-16(13(9-14)11-20-15-6-7-15)18-10-12-3-1-2-4-17(12)21-18/h1-5,8-10,15,20H,6-7,11H2. The predicted molar refractivity (Wildman–Crippen MR) is 81.5 cm³/mol. The van der Waals surface area contributed by atoms with Gasteiger partial charge in [-0.2, -0.15) is 0 Å². The maximum absolute atomic E-state index is 13.5. The van der Waals surface area contributed by atoms with Gasteiger partial charge >= 0.3 is 0 Å². The second-order valence-electron chi connectivity index (χ2n) is 5.61. The van der Waals surface area contributed by atoms with E-state index in [0.717, 1.165) is 27.9 Å². The fraction of sp³-hybridized carbons (Fsp3) is 0.222. The Morgan fingerprint density at radius 1 is 1.10 bits per heavy atom. The minimum Gasteiger partial charge on any atom is -0.456 e. The van der Waals surface area contributed by atoms with Crippen LogP contribution in [0.3, 0.4) is 0 Å². The van der Waals surface area contributed by atoms with E-state index in [1.165, 1.54) is 18.9 Å². The molecule has 0 bridgehead atoms. The normalized spacial score (nSPS) is 14.7. The highest BCUT2D eigenvalue weighted by atomic mass is 19.1. The van der Waals surface area contributed by atoms with Gasteiger partial charge in [0, 0.05) is 23.5 Å². The molecule has 2 aromatic carbocycles. The third kappa shape index (κ3) is 2.57.